The lowest BCUT2D eigenvalue weighted by molar-refractivity contribution is -0.120. The Morgan fingerprint density at radius 3 is 2.70 bits per heavy atom. The summed E-state index contributed by atoms with van der Waals surface area (Å²) < 4.78 is 11.0. The fourth-order valence-corrected chi connectivity index (χ4v) is 2.85. The summed E-state index contributed by atoms with van der Waals surface area (Å²) in [7, 11) is 0. The molecule has 0 spiro atoms. The number of carbonyl (C=O) groups excluding carboxylic acids is 1. The summed E-state index contributed by atoms with van der Waals surface area (Å²) in [5, 5.41) is 5.43. The lowest BCUT2D eigenvalue weighted by atomic mass is 10.3. The quantitative estimate of drug-likeness (QED) is 0.776. The molecule has 0 saturated carbocycles. The average Bonchev–Trinajstić information content (AvgIpc) is 3.19. The van der Waals surface area contributed by atoms with Gasteiger partial charge in [0.05, 0.1) is 24.4 Å². The third-order valence-corrected chi connectivity index (χ3v) is 4.26. The maximum Gasteiger partial charge on any atom is 0.226 e. The standard InChI is InChI=1S/C16H17N3O3S/c1-9-4-5-13(21-9)16-19-12(8-23-16)6-14(20)17-7-15-18-10(2)11(3)22-15/h4-5,8H,6-7H2,1-3H3,(H,17,20). The second-order valence-corrected chi connectivity index (χ2v) is 6.12. The van der Waals surface area contributed by atoms with Crippen LogP contribution in [0.5, 0.6) is 0 Å². The average molecular weight is 331 g/mol. The van der Waals surface area contributed by atoms with E-state index in [1.165, 1.54) is 11.3 Å². The molecule has 3 aromatic rings. The Bertz CT molecular complexity index is 812. The van der Waals surface area contributed by atoms with E-state index < -0.39 is 0 Å². The van der Waals surface area contributed by atoms with Gasteiger partial charge in [0.1, 0.15) is 11.5 Å². The molecular formula is C16H17N3O3S. The van der Waals surface area contributed by atoms with Gasteiger partial charge in [-0.3, -0.25) is 4.79 Å². The molecule has 7 heteroatoms. The Morgan fingerprint density at radius 2 is 2.04 bits per heavy atom. The number of thiazole rings is 1. The van der Waals surface area contributed by atoms with Crippen LogP contribution in [0.1, 0.15) is 28.8 Å². The van der Waals surface area contributed by atoms with Crippen LogP contribution in [-0.2, 0) is 17.8 Å². The highest BCUT2D eigenvalue weighted by atomic mass is 32.1. The zero-order valence-corrected chi connectivity index (χ0v) is 14.0. The molecular weight excluding hydrogens is 314 g/mol. The van der Waals surface area contributed by atoms with Crippen LogP contribution < -0.4 is 5.32 Å². The maximum atomic E-state index is 12.0. The van der Waals surface area contributed by atoms with E-state index in [1.807, 2.05) is 38.3 Å². The zero-order chi connectivity index (χ0) is 16.4. The molecule has 0 radical (unpaired) electrons. The fraction of sp³-hybridized carbons (Fsp3) is 0.312. The summed E-state index contributed by atoms with van der Waals surface area (Å²) in [5.41, 5.74) is 1.56. The van der Waals surface area contributed by atoms with Crippen LogP contribution in [0.4, 0.5) is 0 Å². The summed E-state index contributed by atoms with van der Waals surface area (Å²) >= 11 is 1.46. The Morgan fingerprint density at radius 1 is 1.22 bits per heavy atom. The van der Waals surface area contributed by atoms with Crippen LogP contribution in [0, 0.1) is 20.8 Å². The second-order valence-electron chi connectivity index (χ2n) is 5.26. The zero-order valence-electron chi connectivity index (χ0n) is 13.2. The molecule has 1 N–H and O–H groups in total. The first-order valence-corrected chi connectivity index (χ1v) is 8.10. The largest absolute Gasteiger partial charge is 0.459 e. The third kappa shape index (κ3) is 3.68. The molecule has 0 aliphatic rings. The summed E-state index contributed by atoms with van der Waals surface area (Å²) in [5.74, 6) is 2.73. The number of nitrogens with one attached hydrogen (secondary N) is 1. The van der Waals surface area contributed by atoms with Crippen LogP contribution in [0.25, 0.3) is 10.8 Å². The number of rotatable bonds is 5. The van der Waals surface area contributed by atoms with Gasteiger partial charge in [0.2, 0.25) is 11.8 Å². The first-order chi connectivity index (χ1) is 11.0. The first kappa shape index (κ1) is 15.5. The van der Waals surface area contributed by atoms with Gasteiger partial charge in [-0.25, -0.2) is 9.97 Å². The number of furan rings is 1. The molecule has 0 aromatic carbocycles. The van der Waals surface area contributed by atoms with Gasteiger partial charge in [0, 0.05) is 5.38 Å². The van der Waals surface area contributed by atoms with Gasteiger partial charge in [-0.1, -0.05) is 0 Å². The van der Waals surface area contributed by atoms with Gasteiger partial charge in [-0.15, -0.1) is 11.3 Å². The first-order valence-electron chi connectivity index (χ1n) is 7.22. The Labute approximate surface area is 137 Å². The minimum Gasteiger partial charge on any atom is -0.459 e. The van der Waals surface area contributed by atoms with Crippen LogP contribution in [-0.4, -0.2) is 15.9 Å². The molecule has 6 nitrogen and oxygen atoms in total. The number of aromatic nitrogens is 2. The predicted molar refractivity (Wildman–Crippen MR) is 86.1 cm³/mol. The number of oxazole rings is 1. The van der Waals surface area contributed by atoms with Gasteiger partial charge in [0.15, 0.2) is 10.8 Å². The van der Waals surface area contributed by atoms with E-state index >= 15 is 0 Å². The van der Waals surface area contributed by atoms with Crippen molar-refractivity contribution in [2.24, 2.45) is 0 Å². The number of nitrogens with zero attached hydrogens (tertiary/aromatic N) is 2. The lowest BCUT2D eigenvalue weighted by Crippen LogP contribution is -2.24. The highest BCUT2D eigenvalue weighted by molar-refractivity contribution is 7.13. The van der Waals surface area contributed by atoms with Crippen molar-refractivity contribution in [3.05, 3.63) is 46.3 Å². The summed E-state index contributed by atoms with van der Waals surface area (Å²) in [4.78, 5) is 20.6. The van der Waals surface area contributed by atoms with Crippen LogP contribution >= 0.6 is 11.3 Å². The van der Waals surface area contributed by atoms with E-state index in [-0.39, 0.29) is 18.9 Å². The number of aryl methyl sites for hydroxylation is 3. The Hall–Kier alpha value is -2.41. The third-order valence-electron chi connectivity index (χ3n) is 3.35. The van der Waals surface area contributed by atoms with Crippen molar-refractivity contribution in [1.82, 2.24) is 15.3 Å². The number of hydrogen-bond acceptors (Lipinski definition) is 6. The van der Waals surface area contributed by atoms with Crippen molar-refractivity contribution in [2.45, 2.75) is 33.7 Å². The minimum atomic E-state index is -0.119. The summed E-state index contributed by atoms with van der Waals surface area (Å²) in [6, 6.07) is 3.77. The number of hydrogen-bond donors (Lipinski definition) is 1. The molecule has 0 bridgehead atoms. The van der Waals surface area contributed by atoms with Crippen LogP contribution in [0.3, 0.4) is 0 Å². The fourth-order valence-electron chi connectivity index (χ4n) is 2.07. The molecule has 3 rings (SSSR count). The SMILES string of the molecule is Cc1ccc(-c2nc(CC(=O)NCc3nc(C)c(C)o3)cs2)o1. The molecule has 1 amide bonds. The van der Waals surface area contributed by atoms with Crippen molar-refractivity contribution >= 4 is 17.2 Å². The van der Waals surface area contributed by atoms with Crippen molar-refractivity contribution in [3.8, 4) is 10.8 Å². The normalized spacial score (nSPS) is 10.9. The van der Waals surface area contributed by atoms with E-state index in [9.17, 15) is 4.79 Å². The van der Waals surface area contributed by atoms with E-state index in [2.05, 4.69) is 15.3 Å². The molecule has 3 heterocycles. The molecule has 0 unspecified atom stereocenters. The molecule has 120 valence electrons. The predicted octanol–water partition coefficient (Wildman–Crippen LogP) is 3.18. The van der Waals surface area contributed by atoms with E-state index in [4.69, 9.17) is 8.83 Å². The monoisotopic (exact) mass is 331 g/mol. The molecule has 0 fully saturated rings. The molecule has 0 saturated heterocycles. The van der Waals surface area contributed by atoms with Crippen LogP contribution in [0.2, 0.25) is 0 Å². The smallest absolute Gasteiger partial charge is 0.226 e. The maximum absolute atomic E-state index is 12.0. The second kappa shape index (κ2) is 6.37. The van der Waals surface area contributed by atoms with Crippen molar-refractivity contribution in [1.29, 1.82) is 0 Å². The van der Waals surface area contributed by atoms with Crippen LogP contribution in [0.15, 0.2) is 26.3 Å². The Kier molecular flexibility index (Phi) is 4.29. The van der Waals surface area contributed by atoms with Crippen molar-refractivity contribution in [2.75, 3.05) is 0 Å². The van der Waals surface area contributed by atoms with Gasteiger partial charge < -0.3 is 14.2 Å². The molecule has 0 atom stereocenters. The summed E-state index contributed by atoms with van der Waals surface area (Å²) in [6.45, 7) is 5.89. The number of carbonyl (C=O) groups is 1. The lowest BCUT2D eigenvalue weighted by Gasteiger charge is -2.00. The minimum absolute atomic E-state index is 0.119. The van der Waals surface area contributed by atoms with Gasteiger partial charge in [0.25, 0.3) is 0 Å². The van der Waals surface area contributed by atoms with E-state index in [0.29, 0.717) is 5.89 Å². The highest BCUT2D eigenvalue weighted by Gasteiger charge is 2.12. The van der Waals surface area contributed by atoms with Crippen molar-refractivity contribution in [3.63, 3.8) is 0 Å². The van der Waals surface area contributed by atoms with Crippen molar-refractivity contribution < 1.29 is 13.6 Å². The van der Waals surface area contributed by atoms with Gasteiger partial charge >= 0.3 is 0 Å². The highest BCUT2D eigenvalue weighted by Crippen LogP contribution is 2.25. The van der Waals surface area contributed by atoms with E-state index in [1.54, 1.807) is 0 Å². The topological polar surface area (TPSA) is 81.2 Å². The molecule has 0 aliphatic heterocycles. The Balaban J connectivity index is 1.57. The molecule has 23 heavy (non-hydrogen) atoms. The van der Waals surface area contributed by atoms with E-state index in [0.717, 1.165) is 33.7 Å². The van der Waals surface area contributed by atoms with Gasteiger partial charge in [-0.2, -0.15) is 0 Å². The molecule has 0 aliphatic carbocycles. The van der Waals surface area contributed by atoms with Gasteiger partial charge in [-0.05, 0) is 32.9 Å². The molecule has 3 aromatic heterocycles. The summed E-state index contributed by atoms with van der Waals surface area (Å²) in [6.07, 6.45) is 0.217. The number of amides is 1.